The van der Waals surface area contributed by atoms with E-state index in [1.807, 2.05) is 24.3 Å². The molecule has 2 aromatic rings. The third-order valence-electron chi connectivity index (χ3n) is 3.85. The molecule has 0 unspecified atom stereocenters. The molecular weight excluding hydrogens is 288 g/mol. The number of benzene rings is 2. The monoisotopic (exact) mass is 308 g/mol. The standard InChI is InChI=1S/C19H20N2S/c22-19(17-12-6-2-7-13-17)21-15-9-3-8-14-20-18(21)16-10-4-1-5-11-16/h1-2,4-7,10-13H,3,8-9,14-15H2. The molecule has 1 aliphatic rings. The molecule has 3 rings (SSSR count). The van der Waals surface area contributed by atoms with Crippen molar-refractivity contribution >= 4 is 23.0 Å². The van der Waals surface area contributed by atoms with Gasteiger partial charge in [-0.05, 0) is 19.3 Å². The van der Waals surface area contributed by atoms with Crippen LogP contribution in [0.25, 0.3) is 0 Å². The minimum atomic E-state index is 0.866. The summed E-state index contributed by atoms with van der Waals surface area (Å²) in [7, 11) is 0. The Morgan fingerprint density at radius 2 is 1.55 bits per heavy atom. The molecule has 0 atom stereocenters. The quantitative estimate of drug-likeness (QED) is 0.769. The second kappa shape index (κ2) is 7.32. The normalized spacial score (nSPS) is 15.6. The molecule has 112 valence electrons. The Hall–Kier alpha value is -2.00. The van der Waals surface area contributed by atoms with Gasteiger partial charge >= 0.3 is 0 Å². The topological polar surface area (TPSA) is 15.6 Å². The minimum absolute atomic E-state index is 0.866. The van der Waals surface area contributed by atoms with Gasteiger partial charge in [0.25, 0.3) is 0 Å². The van der Waals surface area contributed by atoms with E-state index in [9.17, 15) is 0 Å². The summed E-state index contributed by atoms with van der Waals surface area (Å²) in [5.41, 5.74) is 2.23. The van der Waals surface area contributed by atoms with Crippen molar-refractivity contribution in [1.82, 2.24) is 4.90 Å². The van der Waals surface area contributed by atoms with Gasteiger partial charge in [0, 0.05) is 24.2 Å². The highest BCUT2D eigenvalue weighted by Crippen LogP contribution is 2.16. The van der Waals surface area contributed by atoms with Crippen LogP contribution >= 0.6 is 12.2 Å². The molecular formula is C19H20N2S. The Bertz CT molecular complexity index is 650. The average molecular weight is 308 g/mol. The predicted molar refractivity (Wildman–Crippen MR) is 96.5 cm³/mol. The van der Waals surface area contributed by atoms with Crippen LogP contribution in [-0.4, -0.2) is 28.8 Å². The first-order valence-electron chi connectivity index (χ1n) is 7.83. The van der Waals surface area contributed by atoms with Crippen LogP contribution in [0.3, 0.4) is 0 Å². The molecule has 22 heavy (non-hydrogen) atoms. The Balaban J connectivity index is 1.97. The average Bonchev–Trinajstić information content (AvgIpc) is 2.56. The largest absolute Gasteiger partial charge is 0.317 e. The molecule has 1 aliphatic heterocycles. The number of aliphatic imine (C=N–C) groups is 1. The van der Waals surface area contributed by atoms with Crippen molar-refractivity contribution in [2.45, 2.75) is 19.3 Å². The summed E-state index contributed by atoms with van der Waals surface area (Å²) >= 11 is 5.77. The molecule has 0 radical (unpaired) electrons. The van der Waals surface area contributed by atoms with E-state index >= 15 is 0 Å². The van der Waals surface area contributed by atoms with E-state index in [1.165, 1.54) is 6.42 Å². The number of thiocarbonyl (C=S) groups is 1. The zero-order valence-electron chi connectivity index (χ0n) is 12.6. The summed E-state index contributed by atoms with van der Waals surface area (Å²) in [6.07, 6.45) is 3.51. The summed E-state index contributed by atoms with van der Waals surface area (Å²) in [4.78, 5) is 7.91. The van der Waals surface area contributed by atoms with Gasteiger partial charge in [0.05, 0.1) is 0 Å². The fraction of sp³-hybridized carbons (Fsp3) is 0.263. The van der Waals surface area contributed by atoms with Crippen molar-refractivity contribution in [3.05, 3.63) is 71.8 Å². The van der Waals surface area contributed by atoms with Crippen molar-refractivity contribution < 1.29 is 0 Å². The number of nitrogens with zero attached hydrogens (tertiary/aromatic N) is 2. The van der Waals surface area contributed by atoms with Crippen LogP contribution in [0.1, 0.15) is 30.4 Å². The van der Waals surface area contributed by atoms with Gasteiger partial charge in [-0.2, -0.15) is 0 Å². The summed E-state index contributed by atoms with van der Waals surface area (Å²) in [6, 6.07) is 20.6. The molecule has 0 spiro atoms. The summed E-state index contributed by atoms with van der Waals surface area (Å²) in [6.45, 7) is 1.81. The first kappa shape index (κ1) is 14.9. The van der Waals surface area contributed by atoms with Crippen molar-refractivity contribution in [3.63, 3.8) is 0 Å². The Kier molecular flexibility index (Phi) is 4.96. The van der Waals surface area contributed by atoms with E-state index < -0.39 is 0 Å². The second-order valence-corrected chi connectivity index (χ2v) is 5.84. The van der Waals surface area contributed by atoms with Crippen LogP contribution < -0.4 is 0 Å². The molecule has 2 nitrogen and oxygen atoms in total. The van der Waals surface area contributed by atoms with Gasteiger partial charge < -0.3 is 4.90 Å². The van der Waals surface area contributed by atoms with Gasteiger partial charge in [-0.3, -0.25) is 4.99 Å². The third kappa shape index (κ3) is 3.42. The molecule has 0 N–H and O–H groups in total. The van der Waals surface area contributed by atoms with Crippen LogP contribution in [-0.2, 0) is 0 Å². The number of hydrogen-bond donors (Lipinski definition) is 0. The van der Waals surface area contributed by atoms with Crippen molar-refractivity contribution in [3.8, 4) is 0 Å². The van der Waals surface area contributed by atoms with E-state index in [4.69, 9.17) is 17.2 Å². The lowest BCUT2D eigenvalue weighted by atomic mass is 10.1. The molecule has 0 saturated carbocycles. The molecule has 0 saturated heterocycles. The van der Waals surface area contributed by atoms with Crippen LogP contribution in [0.15, 0.2) is 65.7 Å². The van der Waals surface area contributed by atoms with Crippen LogP contribution in [0.5, 0.6) is 0 Å². The lowest BCUT2D eigenvalue weighted by Crippen LogP contribution is -2.38. The highest BCUT2D eigenvalue weighted by atomic mass is 32.1. The highest BCUT2D eigenvalue weighted by molar-refractivity contribution is 7.80. The zero-order chi connectivity index (χ0) is 15.2. The lowest BCUT2D eigenvalue weighted by molar-refractivity contribution is 0.534. The predicted octanol–water partition coefficient (Wildman–Crippen LogP) is 4.29. The van der Waals surface area contributed by atoms with Gasteiger partial charge in [0.2, 0.25) is 0 Å². The summed E-state index contributed by atoms with van der Waals surface area (Å²) in [5.74, 6) is 1.01. The highest BCUT2D eigenvalue weighted by Gasteiger charge is 2.19. The molecule has 0 fully saturated rings. The SMILES string of the molecule is S=C(c1ccccc1)N1CCCCCN=C1c1ccccc1. The zero-order valence-corrected chi connectivity index (χ0v) is 13.4. The molecule has 2 aromatic carbocycles. The Morgan fingerprint density at radius 1 is 0.864 bits per heavy atom. The Morgan fingerprint density at radius 3 is 2.27 bits per heavy atom. The van der Waals surface area contributed by atoms with Crippen LogP contribution in [0, 0.1) is 0 Å². The van der Waals surface area contributed by atoms with Crippen molar-refractivity contribution in [1.29, 1.82) is 0 Å². The fourth-order valence-electron chi connectivity index (χ4n) is 2.70. The van der Waals surface area contributed by atoms with Gasteiger partial charge in [0.1, 0.15) is 10.8 Å². The smallest absolute Gasteiger partial charge is 0.136 e. The van der Waals surface area contributed by atoms with E-state index in [-0.39, 0.29) is 0 Å². The van der Waals surface area contributed by atoms with Crippen molar-refractivity contribution in [2.24, 2.45) is 4.99 Å². The minimum Gasteiger partial charge on any atom is -0.317 e. The fourth-order valence-corrected chi connectivity index (χ4v) is 3.02. The van der Waals surface area contributed by atoms with Crippen LogP contribution in [0.4, 0.5) is 0 Å². The van der Waals surface area contributed by atoms with Gasteiger partial charge in [-0.15, -0.1) is 0 Å². The van der Waals surface area contributed by atoms with Gasteiger partial charge in [-0.1, -0.05) is 72.9 Å². The van der Waals surface area contributed by atoms with Crippen LogP contribution in [0.2, 0.25) is 0 Å². The van der Waals surface area contributed by atoms with E-state index in [0.29, 0.717) is 0 Å². The summed E-state index contributed by atoms with van der Waals surface area (Å²) in [5, 5.41) is 0. The van der Waals surface area contributed by atoms with Gasteiger partial charge in [-0.25, -0.2) is 0 Å². The molecule has 0 aromatic heterocycles. The van der Waals surface area contributed by atoms with E-state index in [2.05, 4.69) is 41.3 Å². The maximum Gasteiger partial charge on any atom is 0.136 e. The van der Waals surface area contributed by atoms with Crippen molar-refractivity contribution in [2.75, 3.05) is 13.1 Å². The Labute approximate surface area is 137 Å². The maximum absolute atomic E-state index is 5.77. The number of rotatable bonds is 2. The first-order valence-corrected chi connectivity index (χ1v) is 8.24. The molecule has 3 heteroatoms. The van der Waals surface area contributed by atoms with E-state index in [1.54, 1.807) is 0 Å². The second-order valence-electron chi connectivity index (χ2n) is 5.45. The maximum atomic E-state index is 5.77. The summed E-state index contributed by atoms with van der Waals surface area (Å²) < 4.78 is 0. The number of hydrogen-bond acceptors (Lipinski definition) is 2. The lowest BCUT2D eigenvalue weighted by Gasteiger charge is -2.28. The first-order chi connectivity index (χ1) is 10.9. The molecule has 0 amide bonds. The number of amidine groups is 1. The molecule has 0 bridgehead atoms. The molecule has 1 heterocycles. The third-order valence-corrected chi connectivity index (χ3v) is 4.31. The van der Waals surface area contributed by atoms with E-state index in [0.717, 1.165) is 47.9 Å². The van der Waals surface area contributed by atoms with Gasteiger partial charge in [0.15, 0.2) is 0 Å². The molecule has 0 aliphatic carbocycles.